The topological polar surface area (TPSA) is 87.9 Å². The fourth-order valence-corrected chi connectivity index (χ4v) is 2.75. The minimum absolute atomic E-state index is 0.135. The van der Waals surface area contributed by atoms with Crippen LogP contribution in [0.4, 0.5) is 0 Å². The number of carbonyl (C=O) groups excluding carboxylic acids is 2. The van der Waals surface area contributed by atoms with E-state index < -0.39 is 0 Å². The molecule has 134 valence electrons. The van der Waals surface area contributed by atoms with Gasteiger partial charge in [-0.15, -0.1) is 0 Å². The van der Waals surface area contributed by atoms with Crippen LogP contribution in [0.25, 0.3) is 0 Å². The smallest absolute Gasteiger partial charge is 0.305 e. The minimum Gasteiger partial charge on any atom is -0.469 e. The van der Waals surface area contributed by atoms with Crippen molar-refractivity contribution in [2.45, 2.75) is 76.4 Å². The lowest BCUT2D eigenvalue weighted by Crippen LogP contribution is -2.21. The van der Waals surface area contributed by atoms with Crippen LogP contribution in [0.5, 0.6) is 0 Å². The Morgan fingerprint density at radius 3 is 1.87 bits per heavy atom. The number of ether oxygens (including phenoxy) is 3. The molecule has 2 N–H and O–H groups in total. The van der Waals surface area contributed by atoms with Crippen LogP contribution >= 0.6 is 0 Å². The van der Waals surface area contributed by atoms with Gasteiger partial charge in [-0.3, -0.25) is 9.59 Å². The first-order valence-corrected chi connectivity index (χ1v) is 8.70. The average Bonchev–Trinajstić information content (AvgIpc) is 2.60. The highest BCUT2D eigenvalue weighted by Gasteiger charge is 2.15. The molecule has 0 spiro atoms. The molecule has 0 bridgehead atoms. The molecule has 2 fully saturated rings. The highest BCUT2D eigenvalue weighted by molar-refractivity contribution is 5.73. The lowest BCUT2D eigenvalue weighted by Gasteiger charge is -2.21. The molecule has 6 heteroatoms. The molecule has 0 aromatic rings. The van der Waals surface area contributed by atoms with Crippen molar-refractivity contribution in [3.05, 3.63) is 0 Å². The summed E-state index contributed by atoms with van der Waals surface area (Å²) in [6.07, 6.45) is 10.1. The quantitative estimate of drug-likeness (QED) is 0.756. The molecule has 2 atom stereocenters. The lowest BCUT2D eigenvalue weighted by atomic mass is 10.0. The van der Waals surface area contributed by atoms with E-state index in [1.54, 1.807) is 0 Å². The first kappa shape index (κ1) is 19.9. The van der Waals surface area contributed by atoms with Crippen LogP contribution in [-0.2, 0) is 23.8 Å². The van der Waals surface area contributed by atoms with Gasteiger partial charge in [0.1, 0.15) is 0 Å². The first-order valence-electron chi connectivity index (χ1n) is 8.70. The summed E-state index contributed by atoms with van der Waals surface area (Å²) >= 11 is 0. The largest absolute Gasteiger partial charge is 0.469 e. The number of hydrogen-bond acceptors (Lipinski definition) is 5. The Balaban J connectivity index is 0.000000231. The van der Waals surface area contributed by atoms with Crippen molar-refractivity contribution in [2.75, 3.05) is 20.3 Å². The number of hydrogen-bond donors (Lipinski definition) is 1. The van der Waals surface area contributed by atoms with Gasteiger partial charge >= 0.3 is 5.97 Å². The second kappa shape index (κ2) is 12.3. The monoisotopic (exact) mass is 329 g/mol. The van der Waals surface area contributed by atoms with Crippen molar-refractivity contribution < 1.29 is 23.8 Å². The molecule has 2 heterocycles. The van der Waals surface area contributed by atoms with Gasteiger partial charge < -0.3 is 19.9 Å². The van der Waals surface area contributed by atoms with Gasteiger partial charge in [0.25, 0.3) is 0 Å². The van der Waals surface area contributed by atoms with Gasteiger partial charge in [0.15, 0.2) is 0 Å². The molecule has 6 nitrogen and oxygen atoms in total. The van der Waals surface area contributed by atoms with Crippen molar-refractivity contribution >= 4 is 11.9 Å². The molecular formula is C17H31NO5. The number of nitrogens with two attached hydrogens (primary N) is 1. The maximum atomic E-state index is 10.8. The van der Waals surface area contributed by atoms with E-state index in [0.717, 1.165) is 51.7 Å². The Bertz CT molecular complexity index is 336. The van der Waals surface area contributed by atoms with Crippen molar-refractivity contribution in [3.8, 4) is 0 Å². The summed E-state index contributed by atoms with van der Waals surface area (Å²) in [4.78, 5) is 21.2. The van der Waals surface area contributed by atoms with Gasteiger partial charge in [0.2, 0.25) is 5.91 Å². The third kappa shape index (κ3) is 10.3. The molecule has 2 rings (SSSR count). The predicted molar refractivity (Wildman–Crippen MR) is 86.9 cm³/mol. The molecule has 0 aromatic carbocycles. The summed E-state index contributed by atoms with van der Waals surface area (Å²) in [5, 5.41) is 0. The molecule has 2 aliphatic heterocycles. The third-order valence-electron chi connectivity index (χ3n) is 4.16. The van der Waals surface area contributed by atoms with Gasteiger partial charge in [-0.2, -0.15) is 0 Å². The highest BCUT2D eigenvalue weighted by atomic mass is 16.5. The fourth-order valence-electron chi connectivity index (χ4n) is 2.75. The number of primary amides is 1. The maximum Gasteiger partial charge on any atom is 0.305 e. The molecule has 0 radical (unpaired) electrons. The van der Waals surface area contributed by atoms with Crippen LogP contribution in [0.1, 0.15) is 64.2 Å². The summed E-state index contributed by atoms with van der Waals surface area (Å²) in [5.41, 5.74) is 5.02. The van der Waals surface area contributed by atoms with Crippen molar-refractivity contribution in [2.24, 2.45) is 5.73 Å². The molecule has 2 saturated heterocycles. The van der Waals surface area contributed by atoms with Crippen LogP contribution in [0.15, 0.2) is 0 Å². The predicted octanol–water partition coefficient (Wildman–Crippen LogP) is 2.33. The highest BCUT2D eigenvalue weighted by Crippen LogP contribution is 2.17. The molecule has 0 aromatic heterocycles. The van der Waals surface area contributed by atoms with Crippen LogP contribution in [0.3, 0.4) is 0 Å². The van der Waals surface area contributed by atoms with Gasteiger partial charge in [0, 0.05) is 26.1 Å². The Labute approximate surface area is 139 Å². The van der Waals surface area contributed by atoms with Crippen molar-refractivity contribution in [3.63, 3.8) is 0 Å². The third-order valence-corrected chi connectivity index (χ3v) is 4.16. The van der Waals surface area contributed by atoms with E-state index in [0.29, 0.717) is 12.8 Å². The second-order valence-electron chi connectivity index (χ2n) is 6.10. The van der Waals surface area contributed by atoms with E-state index in [-0.39, 0.29) is 24.1 Å². The zero-order chi connectivity index (χ0) is 16.9. The normalized spacial score (nSPS) is 24.2. The van der Waals surface area contributed by atoms with E-state index in [4.69, 9.17) is 15.2 Å². The Morgan fingerprint density at radius 1 is 0.957 bits per heavy atom. The van der Waals surface area contributed by atoms with Crippen molar-refractivity contribution in [1.29, 1.82) is 0 Å². The van der Waals surface area contributed by atoms with E-state index in [1.165, 1.54) is 20.0 Å². The number of amides is 1. The van der Waals surface area contributed by atoms with Crippen LogP contribution in [0.2, 0.25) is 0 Å². The van der Waals surface area contributed by atoms with E-state index in [2.05, 4.69) is 4.74 Å². The molecule has 2 unspecified atom stereocenters. The fraction of sp³-hybridized carbons (Fsp3) is 0.882. The van der Waals surface area contributed by atoms with E-state index in [9.17, 15) is 9.59 Å². The summed E-state index contributed by atoms with van der Waals surface area (Å²) in [5.74, 6) is -0.358. The summed E-state index contributed by atoms with van der Waals surface area (Å²) in [7, 11) is 1.42. The van der Waals surface area contributed by atoms with E-state index in [1.807, 2.05) is 0 Å². The molecule has 23 heavy (non-hydrogen) atoms. The standard InChI is InChI=1S/C9H16O3.C8H15NO2/c1-11-9(10)6-5-8-4-2-3-7-12-8;9-8(10)5-4-7-3-1-2-6-11-7/h8H,2-7H2,1H3;7H,1-6H2,(H2,9,10). The molecule has 0 saturated carbocycles. The lowest BCUT2D eigenvalue weighted by molar-refractivity contribution is -0.141. The minimum atomic E-state index is -0.223. The first-order chi connectivity index (χ1) is 11.1. The maximum absolute atomic E-state index is 10.8. The molecule has 2 aliphatic rings. The van der Waals surface area contributed by atoms with E-state index >= 15 is 0 Å². The Morgan fingerprint density at radius 2 is 1.48 bits per heavy atom. The van der Waals surface area contributed by atoms with Crippen molar-refractivity contribution in [1.82, 2.24) is 0 Å². The summed E-state index contributed by atoms with van der Waals surface area (Å²) in [6.45, 7) is 1.70. The van der Waals surface area contributed by atoms with Gasteiger partial charge in [-0.25, -0.2) is 0 Å². The average molecular weight is 329 g/mol. The van der Waals surface area contributed by atoms with Gasteiger partial charge in [0.05, 0.1) is 19.3 Å². The number of methoxy groups -OCH3 is 1. The number of carbonyl (C=O) groups is 2. The van der Waals surface area contributed by atoms with Crippen LogP contribution in [0, 0.1) is 0 Å². The van der Waals surface area contributed by atoms with Gasteiger partial charge in [-0.1, -0.05) is 0 Å². The zero-order valence-electron chi connectivity index (χ0n) is 14.3. The summed E-state index contributed by atoms with van der Waals surface area (Å²) < 4.78 is 15.4. The van der Waals surface area contributed by atoms with Crippen LogP contribution in [-0.4, -0.2) is 44.4 Å². The molecule has 0 aliphatic carbocycles. The Hall–Kier alpha value is -1.14. The van der Waals surface area contributed by atoms with Gasteiger partial charge in [-0.05, 0) is 51.4 Å². The SMILES string of the molecule is COC(=O)CCC1CCCCO1.NC(=O)CCC1CCCCO1. The zero-order valence-corrected chi connectivity index (χ0v) is 14.3. The molecular weight excluding hydrogens is 298 g/mol. The number of esters is 1. The summed E-state index contributed by atoms with van der Waals surface area (Å²) in [6, 6.07) is 0. The number of rotatable bonds is 6. The second-order valence-corrected chi connectivity index (χ2v) is 6.10. The van der Waals surface area contributed by atoms with Crippen LogP contribution < -0.4 is 5.73 Å². The molecule has 1 amide bonds. The Kier molecular flexibility index (Phi) is 10.6.